The molecule has 0 aliphatic rings. The van der Waals surface area contributed by atoms with Gasteiger partial charge in [0.1, 0.15) is 45.5 Å². The number of aromatic amines is 2. The van der Waals surface area contributed by atoms with Crippen LogP contribution in [0.4, 0.5) is 38.4 Å². The maximum absolute atomic E-state index is 12.8. The number of fused-ring (bicyclic) bond motifs is 2. The summed E-state index contributed by atoms with van der Waals surface area (Å²) in [5.74, 6) is -1.57. The standard InChI is InChI=1S/C26H23N9O7S3.C22H22N4O7S2.C5H5N3S.CH4.4Na/c1-13-19(27-5)25(43-34-13)31-30-20-21(26(2,3)4)32-35-23(20)29-22(33-35)14-6-8-16(9-7-14)28-24(36)15-10-17(44(37,38)39)12-18(11-15)45(40,41)42;1-22(2,3)19-11-20-24-18(12-26(20)25-19)13-4-6-15(7-5-13)23-21(27)14-8-16(34(28,29)30)10-17(9-14)35(31,32)33;1-3-4(7-2)5(6)9-8-3;;;;;/h6-12,32H,1-4H3,(H,28,36)(H,37,38,39)(H,40,41,42);4-12,25H,1-3H3,(H,23,27)(H,28,29,30)(H,31,32,33);6H2,1H3;1H4;;;;/q;;;;4*+1/p-4. The number of hydrogen-bond acceptors (Lipinski definition) is 24. The molecule has 30 nitrogen and oxygen atoms in total. The number of nitrogens with one attached hydrogen (secondary N) is 4. The van der Waals surface area contributed by atoms with Crippen LogP contribution in [-0.2, 0) is 51.3 Å². The molecule has 470 valence electrons. The third kappa shape index (κ3) is 20.1. The summed E-state index contributed by atoms with van der Waals surface area (Å²) in [6, 6.07) is 18.3. The van der Waals surface area contributed by atoms with Gasteiger partial charge in [-0.1, -0.05) is 61.1 Å². The second-order valence-electron chi connectivity index (χ2n) is 21.1. The Morgan fingerprint density at radius 2 is 1.04 bits per heavy atom. The van der Waals surface area contributed by atoms with Crippen molar-refractivity contribution in [2.45, 2.75) is 93.2 Å². The van der Waals surface area contributed by atoms with Crippen LogP contribution in [0, 0.1) is 27.0 Å². The Bertz CT molecular complexity index is 4910. The minimum absolute atomic E-state index is 0. The summed E-state index contributed by atoms with van der Waals surface area (Å²) in [6.45, 7) is 29.7. The number of rotatable bonds is 12. The number of amides is 2. The van der Waals surface area contributed by atoms with Crippen LogP contribution < -0.4 is 135 Å². The molecule has 2 amide bonds. The van der Waals surface area contributed by atoms with E-state index < -0.39 is 83.0 Å². The van der Waals surface area contributed by atoms with Gasteiger partial charge >= 0.3 is 118 Å². The van der Waals surface area contributed by atoms with E-state index in [1.807, 2.05) is 37.5 Å². The van der Waals surface area contributed by atoms with E-state index in [2.05, 4.69) is 85.3 Å². The molecule has 10 aromatic rings. The van der Waals surface area contributed by atoms with Crippen LogP contribution in [0.3, 0.4) is 0 Å². The van der Waals surface area contributed by atoms with E-state index in [-0.39, 0.29) is 142 Å². The van der Waals surface area contributed by atoms with Gasteiger partial charge in [-0.15, -0.1) is 15.3 Å². The number of carbonyl (C=O) groups is 2. The summed E-state index contributed by atoms with van der Waals surface area (Å²) < 4.78 is 148. The van der Waals surface area contributed by atoms with Crippen LogP contribution in [0.25, 0.3) is 43.6 Å². The van der Waals surface area contributed by atoms with Gasteiger partial charge in [0.2, 0.25) is 17.0 Å². The first kappa shape index (κ1) is 82.8. The maximum Gasteiger partial charge on any atom is 1.00 e. The molecule has 4 aromatic carbocycles. The Morgan fingerprint density at radius 1 is 0.606 bits per heavy atom. The fourth-order valence-electron chi connectivity index (χ4n) is 7.93. The van der Waals surface area contributed by atoms with Gasteiger partial charge in [0.15, 0.2) is 22.2 Å². The number of nitrogens with two attached hydrogens (primary N) is 1. The summed E-state index contributed by atoms with van der Waals surface area (Å²) >= 11 is 2.23. The molecule has 0 saturated carbocycles. The molecule has 6 N–H and O–H groups in total. The van der Waals surface area contributed by atoms with E-state index in [1.165, 1.54) is 28.3 Å². The van der Waals surface area contributed by atoms with E-state index >= 15 is 0 Å². The zero-order valence-corrected chi connectivity index (χ0v) is 64.3. The average molecular weight is 1430 g/mol. The number of aryl methyl sites for hydroxylation is 2. The molecule has 0 fully saturated rings. The quantitative estimate of drug-likeness (QED) is 0.0373. The van der Waals surface area contributed by atoms with Gasteiger partial charge in [0.05, 0.1) is 61.7 Å². The van der Waals surface area contributed by atoms with Gasteiger partial charge in [-0.25, -0.2) is 66.6 Å². The van der Waals surface area contributed by atoms with Gasteiger partial charge < -0.3 is 34.6 Å². The number of nitrogens with zero attached hydrogens (tertiary/aromatic N) is 11. The molecule has 0 spiro atoms. The summed E-state index contributed by atoms with van der Waals surface area (Å²) in [5.41, 5.74) is 11.9. The van der Waals surface area contributed by atoms with E-state index in [0.29, 0.717) is 103 Å². The molecule has 40 heteroatoms. The average Bonchev–Trinajstić information content (AvgIpc) is 1.58. The van der Waals surface area contributed by atoms with Crippen molar-refractivity contribution in [2.75, 3.05) is 16.4 Å². The second kappa shape index (κ2) is 32.3. The number of azo groups is 1. The number of aromatic nitrogens is 9. The molecule has 0 saturated heterocycles. The number of imidazole rings is 1. The Labute approximate surface area is 636 Å². The van der Waals surface area contributed by atoms with Gasteiger partial charge in [-0.05, 0) is 110 Å². The van der Waals surface area contributed by atoms with Crippen LogP contribution in [0.1, 0.15) is 92.5 Å². The minimum Gasteiger partial charge on any atom is -0.744 e. The van der Waals surface area contributed by atoms with Crippen molar-refractivity contribution >= 4 is 125 Å². The molecule has 10 rings (SSSR count). The van der Waals surface area contributed by atoms with Crippen molar-refractivity contribution in [3.63, 3.8) is 0 Å². The molecule has 0 atom stereocenters. The van der Waals surface area contributed by atoms with E-state index in [0.717, 1.165) is 34.1 Å². The molecule has 0 unspecified atom stereocenters. The SMILES string of the molecule is C.CC(C)(C)c1cc2nc(-c3ccc(NC(=O)c4cc(S(=O)(=O)[O-])cc(S(=O)(=O)[O-])c4)cc3)cn2[nH]1.[C-]#[N+]c1c(C)nsc1N.[C-]#[N+]c1c(C)nsc1N=Nc1c(C(C)(C)C)[nH]n2nc(-c3ccc(NC(=O)c4cc(S(=O)(=O)[O-])cc(S(=O)(=O)[O-])c4)cc3)nc12.[Na+].[Na+].[Na+].[Na+]. The van der Waals surface area contributed by atoms with E-state index in [9.17, 15) is 61.5 Å². The molecule has 6 heterocycles. The van der Waals surface area contributed by atoms with Crippen molar-refractivity contribution in [1.29, 1.82) is 0 Å². The number of anilines is 3. The molecule has 0 aliphatic carbocycles. The second-order valence-corrected chi connectivity index (χ2v) is 28.2. The van der Waals surface area contributed by atoms with Crippen molar-refractivity contribution in [2.24, 2.45) is 10.2 Å². The fraction of sp³-hybridized carbons (Fsp3) is 0.204. The van der Waals surface area contributed by atoms with Gasteiger partial charge in [0.25, 0.3) is 11.8 Å². The number of nitrogen functional groups attached to an aromatic ring is 1. The minimum atomic E-state index is -5.17. The predicted molar refractivity (Wildman–Crippen MR) is 327 cm³/mol. The first-order valence-electron chi connectivity index (χ1n) is 25.2. The van der Waals surface area contributed by atoms with Gasteiger partial charge in [-0.2, -0.15) is 4.63 Å². The number of benzene rings is 4. The van der Waals surface area contributed by atoms with Crippen molar-refractivity contribution in [3.05, 3.63) is 154 Å². The summed E-state index contributed by atoms with van der Waals surface area (Å²) in [4.78, 5) is 37.2. The Hall–Kier alpha value is -5.47. The normalized spacial score (nSPS) is 11.6. The molecule has 94 heavy (non-hydrogen) atoms. The molecule has 6 aromatic heterocycles. The summed E-state index contributed by atoms with van der Waals surface area (Å²) in [5, 5.41) is 25.5. The van der Waals surface area contributed by atoms with Crippen LogP contribution >= 0.6 is 23.1 Å². The van der Waals surface area contributed by atoms with Crippen LogP contribution in [0.5, 0.6) is 0 Å². The third-order valence-electron chi connectivity index (χ3n) is 12.5. The van der Waals surface area contributed by atoms with Crippen molar-refractivity contribution in [1.82, 2.24) is 43.2 Å². The molecule has 0 bridgehead atoms. The zero-order valence-electron chi connectivity index (χ0n) is 51.4. The zero-order chi connectivity index (χ0) is 65.5. The largest absolute Gasteiger partial charge is 1.00 e. The molecule has 0 radical (unpaired) electrons. The van der Waals surface area contributed by atoms with E-state index in [1.54, 1.807) is 50.2 Å². The molecule has 0 aliphatic heterocycles. The number of carbonyl (C=O) groups excluding carboxylic acids is 2. The van der Waals surface area contributed by atoms with Crippen LogP contribution in [0.15, 0.2) is 127 Å². The van der Waals surface area contributed by atoms with E-state index in [4.69, 9.17) is 18.9 Å². The monoisotopic (exact) mass is 1430 g/mol. The van der Waals surface area contributed by atoms with Crippen molar-refractivity contribution in [3.8, 4) is 22.6 Å². The molecular formula is C54H50N16Na4O14S6. The maximum atomic E-state index is 12.8. The Balaban J connectivity index is 0.000000420. The molecular weight excluding hydrogens is 1380 g/mol. The first-order valence-corrected chi connectivity index (χ1v) is 32.4. The topological polar surface area (TPSA) is 451 Å². The number of hydrogen-bond donors (Lipinski definition) is 5. The summed E-state index contributed by atoms with van der Waals surface area (Å²) in [6.07, 6.45) is 1.83. The Kier molecular flexibility index (Phi) is 28.4. The third-order valence-corrected chi connectivity index (χ3v) is 17.3. The van der Waals surface area contributed by atoms with Crippen molar-refractivity contribution < 1.29 is 180 Å². The van der Waals surface area contributed by atoms with Crippen LogP contribution in [-0.4, -0.2) is 107 Å². The fourth-order valence-corrected chi connectivity index (χ4v) is 11.5. The van der Waals surface area contributed by atoms with Crippen LogP contribution in [0.2, 0.25) is 0 Å². The predicted octanol–water partition coefficient (Wildman–Crippen LogP) is -2.26. The van der Waals surface area contributed by atoms with Gasteiger partial charge in [-0.3, -0.25) is 19.8 Å². The van der Waals surface area contributed by atoms with Gasteiger partial charge in [0, 0.05) is 56.2 Å². The smallest absolute Gasteiger partial charge is 0.744 e. The first-order chi connectivity index (χ1) is 41.3. The number of H-pyrrole nitrogens is 2. The Morgan fingerprint density at radius 3 is 1.43 bits per heavy atom. The summed E-state index contributed by atoms with van der Waals surface area (Å²) in [7, 11) is -20.6.